The minimum atomic E-state index is -0.263. The molecule has 6 nitrogen and oxygen atoms in total. The number of aromatic nitrogens is 2. The first-order valence-electron chi connectivity index (χ1n) is 7.93. The van der Waals surface area contributed by atoms with Crippen LogP contribution in [0, 0.1) is 18.3 Å². The van der Waals surface area contributed by atoms with Gasteiger partial charge in [-0.25, -0.2) is 4.68 Å². The molecule has 24 heavy (non-hydrogen) atoms. The van der Waals surface area contributed by atoms with Crippen LogP contribution in [0.4, 0.5) is 5.82 Å². The Labute approximate surface area is 142 Å². The molecule has 0 aliphatic carbocycles. The van der Waals surface area contributed by atoms with E-state index in [-0.39, 0.29) is 12.5 Å². The van der Waals surface area contributed by atoms with Crippen molar-refractivity contribution < 1.29 is 9.53 Å². The molecular weight excluding hydrogens is 304 g/mol. The number of hydrogen-bond acceptors (Lipinski definition) is 4. The lowest BCUT2D eigenvalue weighted by molar-refractivity contribution is -0.118. The van der Waals surface area contributed by atoms with E-state index in [9.17, 15) is 4.79 Å². The Morgan fingerprint density at radius 3 is 2.71 bits per heavy atom. The standard InChI is InChI=1S/C18H22N4O2/c1-13(2)15-5-7-16(8-6-15)24-12-18(23)20-17-11-14(3)21-22(17)10-4-9-19/h5-8,11,13H,4,10,12H2,1-3H3,(H,20,23). The summed E-state index contributed by atoms with van der Waals surface area (Å²) in [5.41, 5.74) is 2.01. The summed E-state index contributed by atoms with van der Waals surface area (Å²) in [6.45, 7) is 6.45. The lowest BCUT2D eigenvalue weighted by atomic mass is 10.0. The van der Waals surface area contributed by atoms with Gasteiger partial charge >= 0.3 is 0 Å². The topological polar surface area (TPSA) is 79.9 Å². The van der Waals surface area contributed by atoms with Crippen LogP contribution in [0.25, 0.3) is 0 Å². The highest BCUT2D eigenvalue weighted by Crippen LogP contribution is 2.18. The molecule has 2 aromatic rings. The molecule has 1 aromatic carbocycles. The molecular formula is C18H22N4O2. The number of aryl methyl sites for hydroxylation is 2. The van der Waals surface area contributed by atoms with Crippen molar-refractivity contribution in [3.63, 3.8) is 0 Å². The number of benzene rings is 1. The van der Waals surface area contributed by atoms with Crippen molar-refractivity contribution in [2.75, 3.05) is 11.9 Å². The highest BCUT2D eigenvalue weighted by molar-refractivity contribution is 5.91. The number of anilines is 1. The molecule has 1 amide bonds. The Balaban J connectivity index is 1.90. The Kier molecular flexibility index (Phi) is 5.96. The van der Waals surface area contributed by atoms with Crippen LogP contribution >= 0.6 is 0 Å². The molecule has 126 valence electrons. The molecule has 0 aliphatic heterocycles. The molecule has 0 atom stereocenters. The largest absolute Gasteiger partial charge is 0.484 e. The van der Waals surface area contributed by atoms with Gasteiger partial charge in [0.15, 0.2) is 6.61 Å². The first-order valence-corrected chi connectivity index (χ1v) is 7.93. The van der Waals surface area contributed by atoms with E-state index >= 15 is 0 Å². The summed E-state index contributed by atoms with van der Waals surface area (Å²) >= 11 is 0. The predicted octanol–water partition coefficient (Wildman–Crippen LogP) is 3.25. The van der Waals surface area contributed by atoms with Crippen LogP contribution in [0.1, 0.15) is 37.4 Å². The highest BCUT2D eigenvalue weighted by atomic mass is 16.5. The maximum atomic E-state index is 12.1. The van der Waals surface area contributed by atoms with Crippen LogP contribution in [0.2, 0.25) is 0 Å². The van der Waals surface area contributed by atoms with Gasteiger partial charge in [0.2, 0.25) is 0 Å². The van der Waals surface area contributed by atoms with Crippen molar-refractivity contribution in [2.45, 2.75) is 39.7 Å². The summed E-state index contributed by atoms with van der Waals surface area (Å²) in [4.78, 5) is 12.1. The van der Waals surface area contributed by atoms with Crippen LogP contribution in [-0.2, 0) is 11.3 Å². The SMILES string of the molecule is Cc1cc(NC(=O)COc2ccc(C(C)C)cc2)n(CCC#N)n1. The number of nitrogens with zero attached hydrogens (tertiary/aromatic N) is 3. The van der Waals surface area contributed by atoms with Gasteiger partial charge < -0.3 is 10.1 Å². The maximum Gasteiger partial charge on any atom is 0.263 e. The van der Waals surface area contributed by atoms with E-state index in [2.05, 4.69) is 30.3 Å². The quantitative estimate of drug-likeness (QED) is 0.847. The number of ether oxygens (including phenoxy) is 1. The number of carbonyl (C=O) groups excluding carboxylic acids is 1. The predicted molar refractivity (Wildman–Crippen MR) is 91.8 cm³/mol. The van der Waals surface area contributed by atoms with Gasteiger partial charge in [-0.1, -0.05) is 26.0 Å². The van der Waals surface area contributed by atoms with E-state index in [1.54, 1.807) is 10.7 Å². The second-order valence-corrected chi connectivity index (χ2v) is 5.86. The monoisotopic (exact) mass is 326 g/mol. The minimum Gasteiger partial charge on any atom is -0.484 e. The minimum absolute atomic E-state index is 0.0799. The molecule has 0 fully saturated rings. The Bertz CT molecular complexity index is 726. The number of nitriles is 1. The zero-order chi connectivity index (χ0) is 17.5. The molecule has 0 saturated heterocycles. The number of carbonyl (C=O) groups is 1. The van der Waals surface area contributed by atoms with Gasteiger partial charge in [0.1, 0.15) is 11.6 Å². The lowest BCUT2D eigenvalue weighted by Crippen LogP contribution is -2.22. The molecule has 0 radical (unpaired) electrons. The molecule has 0 bridgehead atoms. The number of rotatable bonds is 7. The average Bonchev–Trinajstić information content (AvgIpc) is 2.90. The fraction of sp³-hybridized carbons (Fsp3) is 0.389. The molecule has 2 rings (SSSR count). The third kappa shape index (κ3) is 4.85. The van der Waals surface area contributed by atoms with E-state index in [1.165, 1.54) is 5.56 Å². The van der Waals surface area contributed by atoms with Gasteiger partial charge in [-0.05, 0) is 30.5 Å². The first-order chi connectivity index (χ1) is 11.5. The van der Waals surface area contributed by atoms with Gasteiger partial charge in [-0.3, -0.25) is 4.79 Å². The number of nitrogens with one attached hydrogen (secondary N) is 1. The molecule has 1 aromatic heterocycles. The average molecular weight is 326 g/mol. The van der Waals surface area contributed by atoms with Crippen LogP contribution in [0.15, 0.2) is 30.3 Å². The van der Waals surface area contributed by atoms with Gasteiger partial charge in [0.05, 0.1) is 24.7 Å². The second-order valence-electron chi connectivity index (χ2n) is 5.86. The summed E-state index contributed by atoms with van der Waals surface area (Å²) in [5.74, 6) is 1.43. The van der Waals surface area contributed by atoms with Crippen LogP contribution < -0.4 is 10.1 Å². The van der Waals surface area contributed by atoms with Crippen molar-refractivity contribution in [2.24, 2.45) is 0 Å². The van der Waals surface area contributed by atoms with Crippen molar-refractivity contribution in [1.29, 1.82) is 5.26 Å². The van der Waals surface area contributed by atoms with Crippen LogP contribution in [0.3, 0.4) is 0 Å². The third-order valence-corrected chi connectivity index (χ3v) is 3.52. The third-order valence-electron chi connectivity index (χ3n) is 3.52. The van der Waals surface area contributed by atoms with E-state index in [0.717, 1.165) is 5.69 Å². The molecule has 0 saturated carbocycles. The van der Waals surface area contributed by atoms with E-state index in [0.29, 0.717) is 30.5 Å². The molecule has 1 heterocycles. The number of amides is 1. The molecule has 1 N–H and O–H groups in total. The van der Waals surface area contributed by atoms with Crippen molar-refractivity contribution in [1.82, 2.24) is 9.78 Å². The molecule has 6 heteroatoms. The van der Waals surface area contributed by atoms with Crippen LogP contribution in [-0.4, -0.2) is 22.3 Å². The van der Waals surface area contributed by atoms with E-state index in [4.69, 9.17) is 10.00 Å². The van der Waals surface area contributed by atoms with Crippen molar-refractivity contribution in [3.05, 3.63) is 41.6 Å². The number of hydrogen-bond donors (Lipinski definition) is 1. The zero-order valence-corrected chi connectivity index (χ0v) is 14.2. The zero-order valence-electron chi connectivity index (χ0n) is 14.2. The van der Waals surface area contributed by atoms with Gasteiger partial charge in [0, 0.05) is 6.07 Å². The second kappa shape index (κ2) is 8.16. The summed E-state index contributed by atoms with van der Waals surface area (Å²) in [5, 5.41) is 15.7. The van der Waals surface area contributed by atoms with E-state index in [1.807, 2.05) is 31.2 Å². The molecule has 0 spiro atoms. The van der Waals surface area contributed by atoms with E-state index < -0.39 is 0 Å². The summed E-state index contributed by atoms with van der Waals surface area (Å²) in [6.07, 6.45) is 0.336. The molecule has 0 unspecified atom stereocenters. The molecule has 0 aliphatic rings. The van der Waals surface area contributed by atoms with Gasteiger partial charge in [-0.15, -0.1) is 0 Å². The Morgan fingerprint density at radius 2 is 2.08 bits per heavy atom. The van der Waals surface area contributed by atoms with Crippen molar-refractivity contribution >= 4 is 11.7 Å². The normalized spacial score (nSPS) is 10.5. The summed E-state index contributed by atoms with van der Waals surface area (Å²) in [7, 11) is 0. The fourth-order valence-corrected chi connectivity index (χ4v) is 2.25. The smallest absolute Gasteiger partial charge is 0.263 e. The summed E-state index contributed by atoms with van der Waals surface area (Å²) < 4.78 is 7.13. The Morgan fingerprint density at radius 1 is 1.38 bits per heavy atom. The van der Waals surface area contributed by atoms with Gasteiger partial charge in [0.25, 0.3) is 5.91 Å². The summed E-state index contributed by atoms with van der Waals surface area (Å²) in [6, 6.07) is 11.6. The van der Waals surface area contributed by atoms with Crippen LogP contribution in [0.5, 0.6) is 5.75 Å². The van der Waals surface area contributed by atoms with Crippen molar-refractivity contribution in [3.8, 4) is 11.8 Å². The van der Waals surface area contributed by atoms with Gasteiger partial charge in [-0.2, -0.15) is 10.4 Å². The Hall–Kier alpha value is -2.81. The first kappa shape index (κ1) is 17.5. The maximum absolute atomic E-state index is 12.1. The fourth-order valence-electron chi connectivity index (χ4n) is 2.25. The highest BCUT2D eigenvalue weighted by Gasteiger charge is 2.10. The lowest BCUT2D eigenvalue weighted by Gasteiger charge is -2.10.